The highest BCUT2D eigenvalue weighted by molar-refractivity contribution is 5.81. The molecule has 0 saturated carbocycles. The van der Waals surface area contributed by atoms with Crippen molar-refractivity contribution >= 4 is 5.91 Å². The molecule has 1 aromatic carbocycles. The number of nitrogens with one attached hydrogen (secondary N) is 1. The number of ether oxygens (including phenoxy) is 1. The van der Waals surface area contributed by atoms with Crippen molar-refractivity contribution in [3.63, 3.8) is 0 Å². The van der Waals surface area contributed by atoms with Crippen molar-refractivity contribution in [2.24, 2.45) is 0 Å². The van der Waals surface area contributed by atoms with Gasteiger partial charge in [0, 0.05) is 6.20 Å². The molecule has 21 heavy (non-hydrogen) atoms. The zero-order valence-electron chi connectivity index (χ0n) is 12.4. The van der Waals surface area contributed by atoms with Crippen LogP contribution in [0.4, 0.5) is 0 Å². The number of para-hydroxylation sites is 1. The van der Waals surface area contributed by atoms with Gasteiger partial charge in [0.05, 0.1) is 12.2 Å². The molecule has 2 rings (SSSR count). The summed E-state index contributed by atoms with van der Waals surface area (Å²) < 4.78 is 5.81. The third-order valence-corrected chi connectivity index (χ3v) is 3.20. The van der Waals surface area contributed by atoms with Crippen LogP contribution in [-0.4, -0.2) is 17.0 Å². The van der Waals surface area contributed by atoms with E-state index in [0.29, 0.717) is 13.0 Å². The number of hydrogen-bond donors (Lipinski definition) is 1. The summed E-state index contributed by atoms with van der Waals surface area (Å²) in [7, 11) is 0. The van der Waals surface area contributed by atoms with Gasteiger partial charge in [-0.25, -0.2) is 0 Å². The molecule has 0 saturated heterocycles. The molecule has 0 aliphatic carbocycles. The van der Waals surface area contributed by atoms with Crippen molar-refractivity contribution in [3.8, 4) is 5.75 Å². The van der Waals surface area contributed by atoms with Gasteiger partial charge in [0.15, 0.2) is 6.10 Å². The van der Waals surface area contributed by atoms with Gasteiger partial charge in [-0.05, 0) is 37.1 Å². The van der Waals surface area contributed by atoms with E-state index in [4.69, 9.17) is 4.74 Å². The van der Waals surface area contributed by atoms with Crippen molar-refractivity contribution in [2.45, 2.75) is 32.9 Å². The van der Waals surface area contributed by atoms with E-state index in [1.54, 1.807) is 6.20 Å². The number of amides is 1. The summed E-state index contributed by atoms with van der Waals surface area (Å²) in [4.78, 5) is 16.4. The Morgan fingerprint density at radius 3 is 2.67 bits per heavy atom. The van der Waals surface area contributed by atoms with Crippen LogP contribution in [-0.2, 0) is 11.3 Å². The smallest absolute Gasteiger partial charge is 0.261 e. The van der Waals surface area contributed by atoms with E-state index in [2.05, 4.69) is 10.3 Å². The number of rotatable bonds is 6. The summed E-state index contributed by atoms with van der Waals surface area (Å²) in [6.45, 7) is 4.31. The highest BCUT2D eigenvalue weighted by Gasteiger charge is 2.18. The lowest BCUT2D eigenvalue weighted by Crippen LogP contribution is -2.37. The lowest BCUT2D eigenvalue weighted by atomic mass is 10.2. The third-order valence-electron chi connectivity index (χ3n) is 3.20. The zero-order valence-corrected chi connectivity index (χ0v) is 12.4. The summed E-state index contributed by atoms with van der Waals surface area (Å²) in [6, 6.07) is 13.3. The van der Waals surface area contributed by atoms with Crippen LogP contribution in [0.5, 0.6) is 5.75 Å². The second kappa shape index (κ2) is 7.43. The fraction of sp³-hybridized carbons (Fsp3) is 0.294. The topological polar surface area (TPSA) is 51.2 Å². The molecule has 1 heterocycles. The first-order valence-corrected chi connectivity index (χ1v) is 7.10. The molecule has 110 valence electrons. The molecule has 0 radical (unpaired) electrons. The normalized spacial score (nSPS) is 11.7. The maximum atomic E-state index is 12.2. The van der Waals surface area contributed by atoms with Gasteiger partial charge in [-0.3, -0.25) is 9.78 Å². The van der Waals surface area contributed by atoms with E-state index < -0.39 is 6.10 Å². The molecule has 4 heteroatoms. The van der Waals surface area contributed by atoms with Crippen LogP contribution in [0, 0.1) is 6.92 Å². The Kier molecular flexibility index (Phi) is 5.32. The van der Waals surface area contributed by atoms with Crippen LogP contribution in [0.25, 0.3) is 0 Å². The second-order valence-corrected chi connectivity index (χ2v) is 4.82. The van der Waals surface area contributed by atoms with E-state index in [1.165, 1.54) is 0 Å². The van der Waals surface area contributed by atoms with Crippen LogP contribution >= 0.6 is 0 Å². The molecular weight excluding hydrogens is 264 g/mol. The number of hydrogen-bond acceptors (Lipinski definition) is 3. The molecule has 1 aromatic heterocycles. The third kappa shape index (κ3) is 4.31. The van der Waals surface area contributed by atoms with Crippen LogP contribution in [0.15, 0.2) is 48.7 Å². The average Bonchev–Trinajstić information content (AvgIpc) is 2.53. The summed E-state index contributed by atoms with van der Waals surface area (Å²) in [5.74, 6) is 0.628. The quantitative estimate of drug-likeness (QED) is 0.887. The number of aromatic nitrogens is 1. The van der Waals surface area contributed by atoms with Gasteiger partial charge in [-0.15, -0.1) is 0 Å². The van der Waals surface area contributed by atoms with E-state index in [1.807, 2.05) is 56.3 Å². The monoisotopic (exact) mass is 284 g/mol. The average molecular weight is 284 g/mol. The van der Waals surface area contributed by atoms with Crippen molar-refractivity contribution in [1.82, 2.24) is 10.3 Å². The highest BCUT2D eigenvalue weighted by Crippen LogP contribution is 2.18. The Hall–Kier alpha value is -2.36. The van der Waals surface area contributed by atoms with E-state index in [-0.39, 0.29) is 5.91 Å². The minimum Gasteiger partial charge on any atom is -0.480 e. The molecule has 1 atom stereocenters. The van der Waals surface area contributed by atoms with Crippen LogP contribution in [0.1, 0.15) is 24.6 Å². The van der Waals surface area contributed by atoms with E-state index in [0.717, 1.165) is 17.0 Å². The van der Waals surface area contributed by atoms with Gasteiger partial charge in [-0.1, -0.05) is 31.2 Å². The van der Waals surface area contributed by atoms with Gasteiger partial charge in [-0.2, -0.15) is 0 Å². The van der Waals surface area contributed by atoms with Crippen LogP contribution < -0.4 is 10.1 Å². The molecule has 4 nitrogen and oxygen atoms in total. The Labute approximate surface area is 125 Å². The number of aryl methyl sites for hydroxylation is 1. The van der Waals surface area contributed by atoms with Gasteiger partial charge >= 0.3 is 0 Å². The SMILES string of the molecule is CC[C@H](Oc1ccccc1C)C(=O)NCc1ccccn1. The zero-order chi connectivity index (χ0) is 15.1. The Morgan fingerprint density at radius 1 is 1.24 bits per heavy atom. The minimum absolute atomic E-state index is 0.119. The molecule has 0 spiro atoms. The molecule has 0 fully saturated rings. The Bertz CT molecular complexity index is 584. The first-order chi connectivity index (χ1) is 10.2. The molecule has 1 N–H and O–H groups in total. The van der Waals surface area contributed by atoms with Crippen LogP contribution in [0.2, 0.25) is 0 Å². The maximum Gasteiger partial charge on any atom is 0.261 e. The molecule has 0 bridgehead atoms. The minimum atomic E-state index is -0.491. The molecule has 2 aromatic rings. The van der Waals surface area contributed by atoms with E-state index >= 15 is 0 Å². The molecule has 0 aliphatic heterocycles. The Morgan fingerprint density at radius 2 is 2.00 bits per heavy atom. The van der Waals surface area contributed by atoms with E-state index in [9.17, 15) is 4.79 Å². The second-order valence-electron chi connectivity index (χ2n) is 4.82. The molecule has 1 amide bonds. The largest absolute Gasteiger partial charge is 0.480 e. The van der Waals surface area contributed by atoms with Crippen molar-refractivity contribution in [2.75, 3.05) is 0 Å². The summed E-state index contributed by atoms with van der Waals surface area (Å²) >= 11 is 0. The molecule has 0 unspecified atom stereocenters. The van der Waals surface area contributed by atoms with Crippen LogP contribution in [0.3, 0.4) is 0 Å². The van der Waals surface area contributed by atoms with Crippen molar-refractivity contribution in [3.05, 3.63) is 59.9 Å². The first kappa shape index (κ1) is 15.0. The fourth-order valence-electron chi connectivity index (χ4n) is 1.96. The number of carbonyl (C=O) groups is 1. The first-order valence-electron chi connectivity index (χ1n) is 7.10. The van der Waals surface area contributed by atoms with Crippen molar-refractivity contribution < 1.29 is 9.53 Å². The maximum absolute atomic E-state index is 12.2. The fourth-order valence-corrected chi connectivity index (χ4v) is 1.96. The predicted octanol–water partition coefficient (Wildman–Crippen LogP) is 2.86. The highest BCUT2D eigenvalue weighted by atomic mass is 16.5. The van der Waals surface area contributed by atoms with Gasteiger partial charge in [0.2, 0.25) is 0 Å². The number of pyridine rings is 1. The Balaban J connectivity index is 1.94. The standard InChI is InChI=1S/C17H20N2O2/c1-3-15(21-16-10-5-4-8-13(16)2)17(20)19-12-14-9-6-7-11-18-14/h4-11,15H,3,12H2,1-2H3,(H,19,20)/t15-/m0/s1. The lowest BCUT2D eigenvalue weighted by Gasteiger charge is -2.18. The number of benzene rings is 1. The number of nitrogens with zero attached hydrogens (tertiary/aromatic N) is 1. The van der Waals surface area contributed by atoms with Gasteiger partial charge < -0.3 is 10.1 Å². The summed E-state index contributed by atoms with van der Waals surface area (Å²) in [5, 5.41) is 2.86. The number of carbonyl (C=O) groups excluding carboxylic acids is 1. The van der Waals surface area contributed by atoms with Gasteiger partial charge in [0.1, 0.15) is 5.75 Å². The predicted molar refractivity (Wildman–Crippen MR) is 82.0 cm³/mol. The summed E-state index contributed by atoms with van der Waals surface area (Å²) in [6.07, 6.45) is 1.83. The molecule has 0 aliphatic rings. The lowest BCUT2D eigenvalue weighted by molar-refractivity contribution is -0.128. The van der Waals surface area contributed by atoms with Crippen molar-refractivity contribution in [1.29, 1.82) is 0 Å². The van der Waals surface area contributed by atoms with Gasteiger partial charge in [0.25, 0.3) is 5.91 Å². The molecular formula is C17H20N2O2. The summed E-state index contributed by atoms with van der Waals surface area (Å²) in [5.41, 5.74) is 1.85.